The minimum absolute atomic E-state index is 0.351. The fourth-order valence-electron chi connectivity index (χ4n) is 3.99. The van der Waals surface area contributed by atoms with Gasteiger partial charge in [-0.25, -0.2) is 4.79 Å². The highest BCUT2D eigenvalue weighted by molar-refractivity contribution is 6.39. The maximum absolute atomic E-state index is 12.1. The van der Waals surface area contributed by atoms with E-state index in [1.54, 1.807) is 12.1 Å². The lowest BCUT2D eigenvalue weighted by molar-refractivity contribution is -0.136. The van der Waals surface area contributed by atoms with Crippen LogP contribution in [0.1, 0.15) is 27.0 Å². The van der Waals surface area contributed by atoms with Gasteiger partial charge in [-0.1, -0.05) is 36.4 Å². The lowest BCUT2D eigenvalue weighted by atomic mass is 9.99. The second-order valence-electron chi connectivity index (χ2n) is 8.14. The predicted molar refractivity (Wildman–Crippen MR) is 131 cm³/mol. The Kier molecular flexibility index (Phi) is 7.22. The zero-order chi connectivity index (χ0) is 23.9. The van der Waals surface area contributed by atoms with E-state index in [1.165, 1.54) is 36.1 Å². The molecule has 0 aliphatic carbocycles. The van der Waals surface area contributed by atoms with E-state index in [0.717, 1.165) is 25.1 Å². The highest BCUT2D eigenvalue weighted by Crippen LogP contribution is 2.24. The average molecular weight is 458 g/mol. The molecule has 0 fully saturated rings. The van der Waals surface area contributed by atoms with Crippen molar-refractivity contribution in [2.45, 2.75) is 19.4 Å². The number of hydrogen-bond acceptors (Lipinski definition) is 5. The molecule has 174 valence electrons. The van der Waals surface area contributed by atoms with Gasteiger partial charge >= 0.3 is 17.8 Å². The van der Waals surface area contributed by atoms with Crippen molar-refractivity contribution < 1.29 is 19.1 Å². The first-order valence-corrected chi connectivity index (χ1v) is 11.2. The van der Waals surface area contributed by atoms with Gasteiger partial charge in [0, 0.05) is 31.0 Å². The molecule has 7 nitrogen and oxygen atoms in total. The molecule has 2 N–H and O–H groups in total. The molecule has 0 spiro atoms. The molecule has 0 atom stereocenters. The average Bonchev–Trinajstić information content (AvgIpc) is 2.88. The topological polar surface area (TPSA) is 87.7 Å². The number of esters is 1. The molecule has 0 saturated heterocycles. The van der Waals surface area contributed by atoms with Crippen LogP contribution < -0.4 is 15.5 Å². The summed E-state index contributed by atoms with van der Waals surface area (Å²) in [5.74, 6) is -1.93. The van der Waals surface area contributed by atoms with E-state index in [2.05, 4.69) is 68.8 Å². The molecule has 0 saturated carbocycles. The van der Waals surface area contributed by atoms with Crippen molar-refractivity contribution in [3.8, 4) is 0 Å². The van der Waals surface area contributed by atoms with Crippen LogP contribution in [0, 0.1) is 0 Å². The van der Waals surface area contributed by atoms with Crippen LogP contribution in [0.3, 0.4) is 0 Å². The SMILES string of the molecule is COC(=O)c1ccc(NC(=O)C(=O)NCCc2ccc(N3CCc4ccccc4C3)cc2)cc1. The minimum Gasteiger partial charge on any atom is -0.465 e. The molecular formula is C27H27N3O4. The van der Waals surface area contributed by atoms with E-state index in [9.17, 15) is 14.4 Å². The Labute approximate surface area is 198 Å². The molecule has 1 aliphatic heterocycles. The molecule has 1 heterocycles. The van der Waals surface area contributed by atoms with Crippen LogP contribution in [-0.4, -0.2) is 38.0 Å². The molecule has 3 aromatic rings. The number of fused-ring (bicyclic) bond motifs is 1. The summed E-state index contributed by atoms with van der Waals surface area (Å²) in [4.78, 5) is 38.1. The summed E-state index contributed by atoms with van der Waals surface area (Å²) in [6, 6.07) is 23.0. The number of benzene rings is 3. The zero-order valence-corrected chi connectivity index (χ0v) is 19.0. The van der Waals surface area contributed by atoms with Crippen molar-refractivity contribution in [3.05, 3.63) is 95.1 Å². The number of nitrogens with zero attached hydrogens (tertiary/aromatic N) is 1. The van der Waals surface area contributed by atoms with Gasteiger partial charge in [0.1, 0.15) is 0 Å². The first-order chi connectivity index (χ1) is 16.5. The third-order valence-corrected chi connectivity index (χ3v) is 5.90. The van der Waals surface area contributed by atoms with Gasteiger partial charge < -0.3 is 20.3 Å². The lowest BCUT2D eigenvalue weighted by Gasteiger charge is -2.30. The van der Waals surface area contributed by atoms with Gasteiger partial charge in [-0.2, -0.15) is 0 Å². The molecule has 0 aromatic heterocycles. The van der Waals surface area contributed by atoms with Crippen LogP contribution in [0.2, 0.25) is 0 Å². The molecule has 4 rings (SSSR count). The normalized spacial score (nSPS) is 12.4. The third-order valence-electron chi connectivity index (χ3n) is 5.90. The van der Waals surface area contributed by atoms with E-state index in [4.69, 9.17) is 0 Å². The van der Waals surface area contributed by atoms with E-state index >= 15 is 0 Å². The fourth-order valence-corrected chi connectivity index (χ4v) is 3.99. The van der Waals surface area contributed by atoms with Crippen LogP contribution >= 0.6 is 0 Å². The Morgan fingerprint density at radius 1 is 0.882 bits per heavy atom. The molecular weight excluding hydrogens is 430 g/mol. The summed E-state index contributed by atoms with van der Waals surface area (Å²) in [7, 11) is 1.30. The zero-order valence-electron chi connectivity index (χ0n) is 19.0. The van der Waals surface area contributed by atoms with Gasteiger partial charge in [0.05, 0.1) is 12.7 Å². The molecule has 7 heteroatoms. The van der Waals surface area contributed by atoms with Gasteiger partial charge in [-0.3, -0.25) is 9.59 Å². The van der Waals surface area contributed by atoms with E-state index in [-0.39, 0.29) is 0 Å². The number of rotatable bonds is 6. The maximum atomic E-state index is 12.1. The molecule has 1 aliphatic rings. The van der Waals surface area contributed by atoms with Crippen LogP contribution in [0.25, 0.3) is 0 Å². The Balaban J connectivity index is 1.23. The highest BCUT2D eigenvalue weighted by atomic mass is 16.5. The Morgan fingerprint density at radius 3 is 2.29 bits per heavy atom. The number of carbonyl (C=O) groups is 3. The number of hydrogen-bond donors (Lipinski definition) is 2. The summed E-state index contributed by atoms with van der Waals surface area (Å²) < 4.78 is 4.63. The minimum atomic E-state index is -0.758. The van der Waals surface area contributed by atoms with Crippen molar-refractivity contribution in [2.24, 2.45) is 0 Å². The van der Waals surface area contributed by atoms with Gasteiger partial charge in [-0.05, 0) is 65.9 Å². The van der Waals surface area contributed by atoms with Crippen LogP contribution in [0.15, 0.2) is 72.8 Å². The lowest BCUT2D eigenvalue weighted by Crippen LogP contribution is -2.36. The summed E-state index contributed by atoms with van der Waals surface area (Å²) in [6.45, 7) is 2.25. The van der Waals surface area contributed by atoms with E-state index in [0.29, 0.717) is 24.2 Å². The number of carbonyl (C=O) groups excluding carboxylic acids is 3. The first kappa shape index (κ1) is 23.0. The van der Waals surface area contributed by atoms with Gasteiger partial charge in [-0.15, -0.1) is 0 Å². The summed E-state index contributed by atoms with van der Waals surface area (Å²) in [5, 5.41) is 5.16. The largest absolute Gasteiger partial charge is 0.465 e. The summed E-state index contributed by atoms with van der Waals surface area (Å²) in [6.07, 6.45) is 1.66. The molecule has 2 amide bonds. The smallest absolute Gasteiger partial charge is 0.337 e. The van der Waals surface area contributed by atoms with Gasteiger partial charge in [0.25, 0.3) is 0 Å². The van der Waals surface area contributed by atoms with Crippen molar-refractivity contribution >= 4 is 29.2 Å². The van der Waals surface area contributed by atoms with Crippen molar-refractivity contribution in [1.29, 1.82) is 0 Å². The highest BCUT2D eigenvalue weighted by Gasteiger charge is 2.16. The molecule has 0 bridgehead atoms. The standard InChI is InChI=1S/C27H27N3O4/c1-34-27(33)21-8-10-23(11-9-21)29-26(32)25(31)28-16-14-19-6-12-24(13-7-19)30-17-15-20-4-2-3-5-22(20)18-30/h2-13H,14-18H2,1H3,(H,28,31)(H,29,32). The summed E-state index contributed by atoms with van der Waals surface area (Å²) in [5.41, 5.74) is 5.84. The van der Waals surface area contributed by atoms with Crippen molar-refractivity contribution in [2.75, 3.05) is 30.4 Å². The van der Waals surface area contributed by atoms with Crippen LogP contribution in [0.5, 0.6) is 0 Å². The van der Waals surface area contributed by atoms with Gasteiger partial charge in [0.15, 0.2) is 0 Å². The summed E-state index contributed by atoms with van der Waals surface area (Å²) >= 11 is 0. The number of methoxy groups -OCH3 is 1. The number of amides is 2. The Bertz CT molecular complexity index is 1170. The molecule has 0 unspecified atom stereocenters. The maximum Gasteiger partial charge on any atom is 0.337 e. The molecule has 0 radical (unpaired) electrons. The molecule has 3 aromatic carbocycles. The van der Waals surface area contributed by atoms with Gasteiger partial charge in [0.2, 0.25) is 0 Å². The Hall–Kier alpha value is -4.13. The third kappa shape index (κ3) is 5.61. The van der Waals surface area contributed by atoms with Crippen LogP contribution in [0.4, 0.5) is 11.4 Å². The number of ether oxygens (including phenoxy) is 1. The number of anilines is 2. The second-order valence-corrected chi connectivity index (χ2v) is 8.14. The quantitative estimate of drug-likeness (QED) is 0.438. The van der Waals surface area contributed by atoms with E-state index in [1.807, 2.05) is 0 Å². The number of nitrogens with one attached hydrogen (secondary N) is 2. The van der Waals surface area contributed by atoms with Crippen LogP contribution in [-0.2, 0) is 33.7 Å². The second kappa shape index (κ2) is 10.7. The first-order valence-electron chi connectivity index (χ1n) is 11.2. The van der Waals surface area contributed by atoms with Crippen molar-refractivity contribution in [1.82, 2.24) is 5.32 Å². The van der Waals surface area contributed by atoms with E-state index < -0.39 is 17.8 Å². The van der Waals surface area contributed by atoms with Crippen molar-refractivity contribution in [3.63, 3.8) is 0 Å². The fraction of sp³-hybridized carbons (Fsp3) is 0.222. The predicted octanol–water partition coefficient (Wildman–Crippen LogP) is 3.33. The molecule has 34 heavy (non-hydrogen) atoms. The Morgan fingerprint density at radius 2 is 1.59 bits per heavy atom. The monoisotopic (exact) mass is 457 g/mol.